The van der Waals surface area contributed by atoms with E-state index in [0.29, 0.717) is 23.3 Å². The van der Waals surface area contributed by atoms with Crippen LogP contribution in [0.1, 0.15) is 44.7 Å². The maximum absolute atomic E-state index is 14.1. The van der Waals surface area contributed by atoms with Gasteiger partial charge in [-0.1, -0.05) is 43.5 Å². The molecule has 0 bridgehead atoms. The molecule has 0 amide bonds. The summed E-state index contributed by atoms with van der Waals surface area (Å²) in [5.41, 5.74) is 1.52. The number of carbonyl (C=O) groups excluding carboxylic acids is 1. The Morgan fingerprint density at radius 3 is 2.77 bits per heavy atom. The van der Waals surface area contributed by atoms with E-state index in [1.165, 1.54) is 31.7 Å². The number of rotatable bonds is 3. The molecule has 1 aromatic heterocycles. The van der Waals surface area contributed by atoms with E-state index >= 15 is 0 Å². The lowest BCUT2D eigenvalue weighted by Gasteiger charge is -2.45. The van der Waals surface area contributed by atoms with E-state index in [0.717, 1.165) is 18.2 Å². The Morgan fingerprint density at radius 2 is 1.97 bits per heavy atom. The number of hydrogen-bond donors (Lipinski definition) is 0. The van der Waals surface area contributed by atoms with Gasteiger partial charge in [-0.15, -0.1) is 0 Å². The van der Waals surface area contributed by atoms with E-state index in [1.54, 1.807) is 18.3 Å². The van der Waals surface area contributed by atoms with Gasteiger partial charge in [-0.2, -0.15) is 0 Å². The molecule has 2 heterocycles. The van der Waals surface area contributed by atoms with Crippen molar-refractivity contribution < 1.29 is 18.3 Å². The van der Waals surface area contributed by atoms with E-state index in [-0.39, 0.29) is 29.5 Å². The van der Waals surface area contributed by atoms with E-state index in [4.69, 9.17) is 4.74 Å². The molecule has 1 aromatic carbocycles. The van der Waals surface area contributed by atoms with Crippen LogP contribution in [0.25, 0.3) is 17.2 Å². The first-order valence-electron chi connectivity index (χ1n) is 11.3. The number of benzene rings is 1. The third kappa shape index (κ3) is 3.68. The first-order valence-corrected chi connectivity index (χ1v) is 11.3. The average molecular weight is 424 g/mol. The van der Waals surface area contributed by atoms with Crippen LogP contribution in [-0.4, -0.2) is 17.1 Å². The quantitative estimate of drug-likeness (QED) is 0.565. The zero-order valence-electron chi connectivity index (χ0n) is 17.6. The molecule has 5 rings (SSSR count). The highest BCUT2D eigenvalue weighted by molar-refractivity contribution is 5.75. The summed E-state index contributed by atoms with van der Waals surface area (Å²) >= 11 is 0. The Labute approximate surface area is 181 Å². The summed E-state index contributed by atoms with van der Waals surface area (Å²) in [5.74, 6) is -0.0364. The minimum absolute atomic E-state index is 0.00953. The summed E-state index contributed by atoms with van der Waals surface area (Å²) in [5, 5.41) is 0. The van der Waals surface area contributed by atoms with Crippen molar-refractivity contribution >= 4 is 12.0 Å². The third-order valence-electron chi connectivity index (χ3n) is 7.61. The monoisotopic (exact) mass is 423 g/mol. The molecule has 31 heavy (non-hydrogen) atoms. The van der Waals surface area contributed by atoms with Crippen LogP contribution < -0.4 is 0 Å². The lowest BCUT2D eigenvalue weighted by Crippen LogP contribution is -2.42. The Hall–Kier alpha value is -2.56. The predicted octanol–water partition coefficient (Wildman–Crippen LogP) is 6.04. The molecule has 0 spiro atoms. The first-order chi connectivity index (χ1) is 15.0. The maximum atomic E-state index is 14.1. The highest BCUT2D eigenvalue weighted by Crippen LogP contribution is 2.53. The van der Waals surface area contributed by atoms with Gasteiger partial charge in [0.2, 0.25) is 0 Å². The largest absolute Gasteiger partial charge is 0.462 e. The number of pyridine rings is 1. The molecule has 1 saturated heterocycles. The number of hydrogen-bond acceptors (Lipinski definition) is 3. The van der Waals surface area contributed by atoms with E-state index in [2.05, 4.69) is 11.1 Å². The van der Waals surface area contributed by atoms with Gasteiger partial charge in [0.25, 0.3) is 0 Å². The highest BCUT2D eigenvalue weighted by atomic mass is 19.2. The molecule has 1 aliphatic heterocycles. The number of aromatic nitrogens is 1. The normalized spacial score (nSPS) is 32.5. The Kier molecular flexibility index (Phi) is 5.37. The lowest BCUT2D eigenvalue weighted by molar-refractivity contribution is -0.144. The summed E-state index contributed by atoms with van der Waals surface area (Å²) in [4.78, 5) is 16.9. The molecular formula is C26H27F2NO2. The zero-order chi connectivity index (χ0) is 21.5. The van der Waals surface area contributed by atoms with Crippen molar-refractivity contribution in [3.8, 4) is 11.1 Å². The molecule has 0 unspecified atom stereocenters. The average Bonchev–Trinajstić information content (AvgIpc) is 3.07. The number of nitrogens with zero attached hydrogens (tertiary/aromatic N) is 1. The van der Waals surface area contributed by atoms with Crippen molar-refractivity contribution in [2.45, 2.75) is 45.1 Å². The second-order valence-electron chi connectivity index (χ2n) is 9.28. The van der Waals surface area contributed by atoms with Gasteiger partial charge < -0.3 is 4.74 Å². The highest BCUT2D eigenvalue weighted by Gasteiger charge is 2.53. The van der Waals surface area contributed by atoms with Crippen molar-refractivity contribution in [1.82, 2.24) is 4.98 Å². The van der Waals surface area contributed by atoms with Gasteiger partial charge >= 0.3 is 5.97 Å². The van der Waals surface area contributed by atoms with Crippen LogP contribution in [0.3, 0.4) is 0 Å². The zero-order valence-corrected chi connectivity index (χ0v) is 17.6. The molecular weight excluding hydrogens is 396 g/mol. The van der Waals surface area contributed by atoms with Crippen LogP contribution in [0, 0.1) is 41.2 Å². The Morgan fingerprint density at radius 1 is 1.13 bits per heavy atom. The molecule has 2 saturated carbocycles. The van der Waals surface area contributed by atoms with E-state index in [1.807, 2.05) is 19.1 Å². The second-order valence-corrected chi connectivity index (χ2v) is 9.28. The van der Waals surface area contributed by atoms with Crippen LogP contribution in [-0.2, 0) is 9.53 Å². The lowest BCUT2D eigenvalue weighted by atomic mass is 9.57. The second kappa shape index (κ2) is 8.18. The van der Waals surface area contributed by atoms with Gasteiger partial charge in [0.05, 0.1) is 11.6 Å². The molecule has 3 aliphatic rings. The molecule has 0 radical (unpaired) electrons. The summed E-state index contributed by atoms with van der Waals surface area (Å²) < 4.78 is 33.2. The number of cyclic esters (lactones) is 1. The fourth-order valence-corrected chi connectivity index (χ4v) is 6.19. The van der Waals surface area contributed by atoms with Gasteiger partial charge in [-0.25, -0.2) is 8.78 Å². The SMILES string of the molecule is C[C@H]1OC(=O)[C@@H]2C[C@@H]3CCCC[C@H]3[C@H](/C=C/c3ccc(-c4cccc(F)c4F)cn3)[C@H]12. The Balaban J connectivity index is 1.40. The molecule has 162 valence electrons. The molecule has 2 aliphatic carbocycles. The number of fused-ring (bicyclic) bond motifs is 2. The van der Waals surface area contributed by atoms with Crippen molar-refractivity contribution in [2.75, 3.05) is 0 Å². The number of halogens is 2. The minimum atomic E-state index is -0.863. The van der Waals surface area contributed by atoms with Crippen molar-refractivity contribution in [3.05, 3.63) is 59.9 Å². The minimum Gasteiger partial charge on any atom is -0.462 e. The fourth-order valence-electron chi connectivity index (χ4n) is 6.19. The van der Waals surface area contributed by atoms with Crippen LogP contribution in [0.5, 0.6) is 0 Å². The van der Waals surface area contributed by atoms with E-state index < -0.39 is 11.6 Å². The standard InChI is InChI=1S/C26H27F2NO2/c1-15-24-21(19-6-3-2-5-16(19)13-22(24)26(30)31-15)12-11-18-10-9-17(14-29-18)20-7-4-8-23(27)25(20)28/h4,7-12,14-16,19,21-22,24H,2-3,5-6,13H2,1H3/b12-11+/t15-,16+,19-,21+,22-,24+/m1/s1. The van der Waals surface area contributed by atoms with Crippen LogP contribution in [0.4, 0.5) is 8.78 Å². The summed E-state index contributed by atoms with van der Waals surface area (Å²) in [7, 11) is 0. The summed E-state index contributed by atoms with van der Waals surface area (Å²) in [6.45, 7) is 2.02. The molecule has 3 nitrogen and oxygen atoms in total. The summed E-state index contributed by atoms with van der Waals surface area (Å²) in [6, 6.07) is 7.75. The van der Waals surface area contributed by atoms with Gasteiger partial charge in [-0.3, -0.25) is 9.78 Å². The molecule has 5 heteroatoms. The topological polar surface area (TPSA) is 39.2 Å². The van der Waals surface area contributed by atoms with Crippen LogP contribution in [0.2, 0.25) is 0 Å². The maximum Gasteiger partial charge on any atom is 0.309 e. The molecule has 2 aromatic rings. The van der Waals surface area contributed by atoms with Gasteiger partial charge in [-0.05, 0) is 55.7 Å². The van der Waals surface area contributed by atoms with Gasteiger partial charge in [0.1, 0.15) is 6.10 Å². The summed E-state index contributed by atoms with van der Waals surface area (Å²) in [6.07, 6.45) is 11.6. The number of ether oxygens (including phenoxy) is 1. The number of allylic oxidation sites excluding steroid dienone is 1. The molecule has 0 N–H and O–H groups in total. The number of esters is 1. The van der Waals surface area contributed by atoms with Crippen molar-refractivity contribution in [2.24, 2.45) is 29.6 Å². The Bertz CT molecular complexity index is 1000. The molecule has 3 fully saturated rings. The van der Waals surface area contributed by atoms with E-state index in [9.17, 15) is 13.6 Å². The first kappa shape index (κ1) is 20.3. The third-order valence-corrected chi connectivity index (χ3v) is 7.61. The van der Waals surface area contributed by atoms with Gasteiger partial charge in [0, 0.05) is 23.2 Å². The van der Waals surface area contributed by atoms with Gasteiger partial charge in [0.15, 0.2) is 11.6 Å². The number of carbonyl (C=O) groups is 1. The van der Waals surface area contributed by atoms with Crippen molar-refractivity contribution in [1.29, 1.82) is 0 Å². The van der Waals surface area contributed by atoms with Crippen molar-refractivity contribution in [3.63, 3.8) is 0 Å². The molecule has 6 atom stereocenters. The predicted molar refractivity (Wildman–Crippen MR) is 115 cm³/mol. The van der Waals surface area contributed by atoms with Crippen LogP contribution in [0.15, 0.2) is 42.6 Å². The fraction of sp³-hybridized carbons (Fsp3) is 0.462. The van der Waals surface area contributed by atoms with Crippen LogP contribution >= 0.6 is 0 Å². The smallest absolute Gasteiger partial charge is 0.309 e.